The second kappa shape index (κ2) is 5.25. The maximum absolute atomic E-state index is 10.3. The van der Waals surface area contributed by atoms with Crippen molar-refractivity contribution in [2.45, 2.75) is 13.3 Å². The van der Waals surface area contributed by atoms with Crippen molar-refractivity contribution in [3.05, 3.63) is 5.82 Å². The summed E-state index contributed by atoms with van der Waals surface area (Å²) in [6.07, 6.45) is -0.641. The summed E-state index contributed by atoms with van der Waals surface area (Å²) in [6.45, 7) is 2.04. The van der Waals surface area contributed by atoms with Crippen LogP contribution in [0, 0.1) is 5.41 Å². The molecule has 82 valence electrons. The minimum atomic E-state index is -1.01. The Morgan fingerprint density at radius 2 is 2.40 bits per heavy atom. The van der Waals surface area contributed by atoms with Crippen LogP contribution in [0.2, 0.25) is 0 Å². The van der Waals surface area contributed by atoms with Crippen molar-refractivity contribution in [1.29, 1.82) is 5.41 Å². The van der Waals surface area contributed by atoms with Crippen molar-refractivity contribution in [3.63, 3.8) is 0 Å². The summed E-state index contributed by atoms with van der Waals surface area (Å²) >= 11 is 0.878. The third kappa shape index (κ3) is 3.90. The SMILES string of the molecule is CCOC(=N)Oc1nc(CC(=O)O)ns1. The number of nitrogens with one attached hydrogen (secondary N) is 1. The van der Waals surface area contributed by atoms with Crippen LogP contribution >= 0.6 is 11.5 Å². The first-order valence-electron chi connectivity index (χ1n) is 4.05. The van der Waals surface area contributed by atoms with Crippen molar-refractivity contribution < 1.29 is 19.4 Å². The summed E-state index contributed by atoms with van der Waals surface area (Å²) in [5.41, 5.74) is 0. The normalized spacial score (nSPS) is 9.67. The quantitative estimate of drug-likeness (QED) is 0.578. The van der Waals surface area contributed by atoms with Crippen LogP contribution in [-0.2, 0) is 16.0 Å². The Bertz CT molecular complexity index is 365. The maximum Gasteiger partial charge on any atom is 0.388 e. The highest BCUT2D eigenvalue weighted by molar-refractivity contribution is 7.07. The Hall–Kier alpha value is -1.70. The van der Waals surface area contributed by atoms with Crippen molar-refractivity contribution in [2.75, 3.05) is 6.61 Å². The molecule has 0 aliphatic carbocycles. The summed E-state index contributed by atoms with van der Waals surface area (Å²) in [5.74, 6) is -0.856. The molecule has 0 amide bonds. The van der Waals surface area contributed by atoms with Crippen LogP contribution in [0.4, 0.5) is 0 Å². The zero-order chi connectivity index (χ0) is 11.3. The molecule has 0 atom stereocenters. The van der Waals surface area contributed by atoms with Gasteiger partial charge in [0.2, 0.25) is 0 Å². The van der Waals surface area contributed by atoms with Gasteiger partial charge >= 0.3 is 17.2 Å². The number of rotatable bonds is 4. The van der Waals surface area contributed by atoms with Crippen LogP contribution in [0.15, 0.2) is 0 Å². The number of carboxylic acid groups (broad SMARTS) is 1. The standard InChI is InChI=1S/C7H9N3O4S/c1-2-13-6(8)14-7-9-4(10-15-7)3-5(11)12/h8H,2-3H2,1H3,(H,11,12). The smallest absolute Gasteiger partial charge is 0.388 e. The predicted octanol–water partition coefficient (Wildman–Crippen LogP) is 0.515. The molecule has 0 bridgehead atoms. The first-order valence-corrected chi connectivity index (χ1v) is 4.82. The van der Waals surface area contributed by atoms with E-state index in [0.29, 0.717) is 6.61 Å². The molecule has 0 saturated carbocycles. The third-order valence-electron chi connectivity index (χ3n) is 1.21. The number of nitrogens with zero attached hydrogens (tertiary/aromatic N) is 2. The van der Waals surface area contributed by atoms with Gasteiger partial charge in [-0.3, -0.25) is 4.79 Å². The number of aliphatic carboxylic acids is 1. The van der Waals surface area contributed by atoms with E-state index < -0.39 is 5.97 Å². The molecule has 1 heterocycles. The predicted molar refractivity (Wildman–Crippen MR) is 51.2 cm³/mol. The lowest BCUT2D eigenvalue weighted by atomic mass is 10.4. The van der Waals surface area contributed by atoms with E-state index in [-0.39, 0.29) is 23.5 Å². The number of hydrogen-bond acceptors (Lipinski definition) is 7. The molecule has 1 aromatic heterocycles. The minimum Gasteiger partial charge on any atom is -0.481 e. The Kier molecular flexibility index (Phi) is 3.98. The van der Waals surface area contributed by atoms with Crippen molar-refractivity contribution in [3.8, 4) is 5.19 Å². The summed E-state index contributed by atoms with van der Waals surface area (Å²) < 4.78 is 13.3. The Morgan fingerprint density at radius 1 is 1.67 bits per heavy atom. The van der Waals surface area contributed by atoms with Crippen LogP contribution in [-0.4, -0.2) is 33.1 Å². The fraction of sp³-hybridized carbons (Fsp3) is 0.429. The van der Waals surface area contributed by atoms with E-state index in [1.807, 2.05) is 0 Å². The number of hydrogen-bond donors (Lipinski definition) is 2. The molecule has 0 radical (unpaired) electrons. The molecule has 0 unspecified atom stereocenters. The average molecular weight is 231 g/mol. The van der Waals surface area contributed by atoms with E-state index in [2.05, 4.69) is 9.36 Å². The van der Waals surface area contributed by atoms with Crippen molar-refractivity contribution >= 4 is 23.6 Å². The van der Waals surface area contributed by atoms with Gasteiger partial charge in [0.1, 0.15) is 6.42 Å². The van der Waals surface area contributed by atoms with Gasteiger partial charge in [-0.25, -0.2) is 5.41 Å². The summed E-state index contributed by atoms with van der Waals surface area (Å²) in [7, 11) is 0. The fourth-order valence-corrected chi connectivity index (χ4v) is 1.27. The molecule has 0 fully saturated rings. The lowest BCUT2D eigenvalue weighted by Crippen LogP contribution is -2.11. The number of ether oxygens (including phenoxy) is 2. The summed E-state index contributed by atoms with van der Waals surface area (Å²) in [4.78, 5) is 14.1. The van der Waals surface area contributed by atoms with Crippen LogP contribution in [0.25, 0.3) is 0 Å². The van der Waals surface area contributed by atoms with E-state index >= 15 is 0 Å². The topological polar surface area (TPSA) is 105 Å². The summed E-state index contributed by atoms with van der Waals surface area (Å²) in [6, 6.07) is 0. The second-order valence-corrected chi connectivity index (χ2v) is 3.08. The summed E-state index contributed by atoms with van der Waals surface area (Å²) in [5, 5.41) is 15.7. The monoisotopic (exact) mass is 231 g/mol. The van der Waals surface area contributed by atoms with Gasteiger partial charge in [0.25, 0.3) is 0 Å². The zero-order valence-electron chi connectivity index (χ0n) is 7.89. The van der Waals surface area contributed by atoms with Gasteiger partial charge in [-0.1, -0.05) is 0 Å². The number of aromatic nitrogens is 2. The highest BCUT2D eigenvalue weighted by Crippen LogP contribution is 2.14. The van der Waals surface area contributed by atoms with E-state index in [1.54, 1.807) is 6.92 Å². The Balaban J connectivity index is 2.52. The number of carboxylic acids is 1. The van der Waals surface area contributed by atoms with Crippen LogP contribution in [0.1, 0.15) is 12.7 Å². The Labute approximate surface area is 89.3 Å². The van der Waals surface area contributed by atoms with Gasteiger partial charge in [0, 0.05) is 11.5 Å². The Morgan fingerprint density at radius 3 is 3.00 bits per heavy atom. The van der Waals surface area contributed by atoms with Crippen LogP contribution < -0.4 is 4.74 Å². The van der Waals surface area contributed by atoms with Gasteiger partial charge in [-0.2, -0.15) is 9.36 Å². The van der Waals surface area contributed by atoms with E-state index in [4.69, 9.17) is 20.0 Å². The molecule has 0 aliphatic rings. The van der Waals surface area contributed by atoms with E-state index in [9.17, 15) is 4.79 Å². The van der Waals surface area contributed by atoms with Gasteiger partial charge in [0.05, 0.1) is 6.61 Å². The first kappa shape index (κ1) is 11.4. The molecular formula is C7H9N3O4S. The molecule has 7 nitrogen and oxygen atoms in total. The van der Waals surface area contributed by atoms with Crippen LogP contribution in [0.3, 0.4) is 0 Å². The van der Waals surface area contributed by atoms with Gasteiger partial charge in [0.15, 0.2) is 5.82 Å². The van der Waals surface area contributed by atoms with Crippen molar-refractivity contribution in [1.82, 2.24) is 9.36 Å². The van der Waals surface area contributed by atoms with Gasteiger partial charge in [-0.05, 0) is 6.92 Å². The third-order valence-corrected chi connectivity index (χ3v) is 1.85. The zero-order valence-corrected chi connectivity index (χ0v) is 8.71. The molecular weight excluding hydrogens is 222 g/mol. The van der Waals surface area contributed by atoms with Gasteiger partial charge < -0.3 is 14.6 Å². The lowest BCUT2D eigenvalue weighted by Gasteiger charge is -2.01. The van der Waals surface area contributed by atoms with E-state index in [1.165, 1.54) is 0 Å². The second-order valence-electron chi connectivity index (χ2n) is 2.37. The molecule has 2 N–H and O–H groups in total. The lowest BCUT2D eigenvalue weighted by molar-refractivity contribution is -0.136. The first-order chi connectivity index (χ1) is 7.11. The molecule has 8 heteroatoms. The largest absolute Gasteiger partial charge is 0.481 e. The molecule has 0 saturated heterocycles. The fourth-order valence-electron chi connectivity index (χ4n) is 0.726. The maximum atomic E-state index is 10.3. The molecule has 0 aromatic carbocycles. The minimum absolute atomic E-state index is 0.102. The van der Waals surface area contributed by atoms with Gasteiger partial charge in [-0.15, -0.1) is 0 Å². The number of carbonyl (C=O) groups is 1. The molecule has 0 aliphatic heterocycles. The van der Waals surface area contributed by atoms with E-state index in [0.717, 1.165) is 11.5 Å². The average Bonchev–Trinajstić information content (AvgIpc) is 2.51. The molecule has 15 heavy (non-hydrogen) atoms. The molecule has 0 spiro atoms. The highest BCUT2D eigenvalue weighted by atomic mass is 32.1. The molecule has 1 rings (SSSR count). The highest BCUT2D eigenvalue weighted by Gasteiger charge is 2.10. The van der Waals surface area contributed by atoms with Crippen LogP contribution in [0.5, 0.6) is 5.19 Å². The molecule has 1 aromatic rings. The van der Waals surface area contributed by atoms with Crippen molar-refractivity contribution in [2.24, 2.45) is 0 Å².